The van der Waals surface area contributed by atoms with E-state index in [1.807, 2.05) is 19.9 Å². The fourth-order valence-corrected chi connectivity index (χ4v) is 2.49. The van der Waals surface area contributed by atoms with E-state index in [1.54, 1.807) is 12.1 Å². The Labute approximate surface area is 136 Å². The van der Waals surface area contributed by atoms with Gasteiger partial charge in [-0.05, 0) is 24.0 Å². The second-order valence-corrected chi connectivity index (χ2v) is 5.90. The van der Waals surface area contributed by atoms with Crippen LogP contribution in [0.25, 0.3) is 0 Å². The third-order valence-electron chi connectivity index (χ3n) is 4.22. The largest absolute Gasteiger partial charge is 0.484 e. The molecule has 2 rings (SSSR count). The van der Waals surface area contributed by atoms with Gasteiger partial charge in [0, 0.05) is 18.2 Å². The van der Waals surface area contributed by atoms with Crippen molar-refractivity contribution in [1.29, 1.82) is 0 Å². The predicted octanol–water partition coefficient (Wildman–Crippen LogP) is 1.47. The zero-order valence-electron chi connectivity index (χ0n) is 13.6. The minimum absolute atomic E-state index is 0.00765. The lowest BCUT2D eigenvalue weighted by molar-refractivity contribution is -0.124. The lowest BCUT2D eigenvalue weighted by atomic mass is 10.00. The molecule has 0 unspecified atom stereocenters. The van der Waals surface area contributed by atoms with E-state index in [2.05, 4.69) is 10.6 Å². The molecule has 0 saturated carbocycles. The van der Waals surface area contributed by atoms with E-state index in [1.165, 1.54) is 0 Å². The van der Waals surface area contributed by atoms with E-state index in [4.69, 9.17) is 4.74 Å². The molecule has 126 valence electrons. The van der Waals surface area contributed by atoms with Crippen molar-refractivity contribution in [2.45, 2.75) is 39.2 Å². The molecule has 0 aliphatic carbocycles. The van der Waals surface area contributed by atoms with E-state index in [-0.39, 0.29) is 37.0 Å². The van der Waals surface area contributed by atoms with Gasteiger partial charge in [0.1, 0.15) is 5.75 Å². The van der Waals surface area contributed by atoms with Gasteiger partial charge in [0.15, 0.2) is 6.61 Å². The quantitative estimate of drug-likeness (QED) is 0.710. The molecule has 0 bridgehead atoms. The first-order chi connectivity index (χ1) is 11.0. The van der Waals surface area contributed by atoms with Crippen molar-refractivity contribution in [1.82, 2.24) is 5.32 Å². The number of rotatable bonds is 7. The van der Waals surface area contributed by atoms with Crippen LogP contribution in [0, 0.1) is 5.92 Å². The maximum atomic E-state index is 11.9. The molecule has 0 radical (unpaired) electrons. The third kappa shape index (κ3) is 4.69. The first-order valence-corrected chi connectivity index (χ1v) is 7.99. The number of carbonyl (C=O) groups excluding carboxylic acids is 2. The van der Waals surface area contributed by atoms with E-state index >= 15 is 0 Å². The van der Waals surface area contributed by atoms with Gasteiger partial charge in [0.05, 0.1) is 12.6 Å². The molecule has 0 saturated heterocycles. The zero-order valence-corrected chi connectivity index (χ0v) is 13.6. The average molecular weight is 320 g/mol. The van der Waals surface area contributed by atoms with Crippen molar-refractivity contribution >= 4 is 17.5 Å². The number of aliphatic hydroxyl groups is 1. The maximum absolute atomic E-state index is 11.9. The van der Waals surface area contributed by atoms with Crippen LogP contribution in [0.1, 0.15) is 32.3 Å². The SMILES string of the molecule is CC[C@H](C)[C@@H](CO)NC(=O)COc1ccc2c(c1)NC(=O)CC2. The van der Waals surface area contributed by atoms with Gasteiger partial charge < -0.3 is 20.5 Å². The van der Waals surface area contributed by atoms with Crippen molar-refractivity contribution in [2.75, 3.05) is 18.5 Å². The number of fused-ring (bicyclic) bond motifs is 1. The monoisotopic (exact) mass is 320 g/mol. The van der Waals surface area contributed by atoms with Crippen LogP contribution in [-0.2, 0) is 16.0 Å². The van der Waals surface area contributed by atoms with Crippen LogP contribution in [0.15, 0.2) is 18.2 Å². The predicted molar refractivity (Wildman–Crippen MR) is 87.4 cm³/mol. The van der Waals surface area contributed by atoms with Gasteiger partial charge in [0.2, 0.25) is 5.91 Å². The van der Waals surface area contributed by atoms with Crippen molar-refractivity contribution in [3.05, 3.63) is 23.8 Å². The molecular formula is C17H24N2O4. The summed E-state index contributed by atoms with van der Waals surface area (Å²) < 4.78 is 5.48. The third-order valence-corrected chi connectivity index (χ3v) is 4.22. The molecule has 1 aliphatic rings. The molecule has 3 N–H and O–H groups in total. The number of hydrogen-bond donors (Lipinski definition) is 3. The first-order valence-electron chi connectivity index (χ1n) is 7.99. The molecule has 2 atom stereocenters. The van der Waals surface area contributed by atoms with Crippen LogP contribution < -0.4 is 15.4 Å². The summed E-state index contributed by atoms with van der Waals surface area (Å²) in [6.45, 7) is 3.77. The van der Waals surface area contributed by atoms with Gasteiger partial charge in [-0.1, -0.05) is 26.3 Å². The zero-order chi connectivity index (χ0) is 16.8. The second-order valence-electron chi connectivity index (χ2n) is 5.90. The van der Waals surface area contributed by atoms with Crippen molar-refractivity contribution in [3.8, 4) is 5.75 Å². The van der Waals surface area contributed by atoms with Gasteiger partial charge in [-0.3, -0.25) is 9.59 Å². The lowest BCUT2D eigenvalue weighted by Gasteiger charge is -2.22. The van der Waals surface area contributed by atoms with Crippen LogP contribution in [0.2, 0.25) is 0 Å². The number of amides is 2. The summed E-state index contributed by atoms with van der Waals surface area (Å²) >= 11 is 0. The van der Waals surface area contributed by atoms with Crippen molar-refractivity contribution < 1.29 is 19.4 Å². The standard InChI is InChI=1S/C17H24N2O4/c1-3-11(2)15(9-20)19-17(22)10-23-13-6-4-12-5-7-16(21)18-14(12)8-13/h4,6,8,11,15,20H,3,5,7,9-10H2,1-2H3,(H,18,21)(H,19,22)/t11-,15+/m0/s1. The maximum Gasteiger partial charge on any atom is 0.258 e. The topological polar surface area (TPSA) is 87.7 Å². The van der Waals surface area contributed by atoms with Gasteiger partial charge in [0.25, 0.3) is 5.91 Å². The van der Waals surface area contributed by atoms with Crippen molar-refractivity contribution in [2.24, 2.45) is 5.92 Å². The Bertz CT molecular complexity index is 574. The molecule has 1 aliphatic heterocycles. The highest BCUT2D eigenvalue weighted by atomic mass is 16.5. The van der Waals surface area contributed by atoms with Gasteiger partial charge in [-0.25, -0.2) is 0 Å². The summed E-state index contributed by atoms with van der Waals surface area (Å²) in [6.07, 6.45) is 2.08. The molecule has 0 spiro atoms. The van der Waals surface area contributed by atoms with E-state index in [0.717, 1.165) is 24.1 Å². The van der Waals surface area contributed by atoms with Crippen LogP contribution >= 0.6 is 0 Å². The number of ether oxygens (including phenoxy) is 1. The molecule has 6 heteroatoms. The highest BCUT2D eigenvalue weighted by Crippen LogP contribution is 2.27. The lowest BCUT2D eigenvalue weighted by Crippen LogP contribution is -2.43. The highest BCUT2D eigenvalue weighted by molar-refractivity contribution is 5.94. The summed E-state index contributed by atoms with van der Waals surface area (Å²) in [5.41, 5.74) is 1.81. The number of nitrogens with one attached hydrogen (secondary N) is 2. The number of anilines is 1. The summed E-state index contributed by atoms with van der Waals surface area (Å²) in [5.74, 6) is 0.450. The Balaban J connectivity index is 1.89. The van der Waals surface area contributed by atoms with E-state index in [9.17, 15) is 14.7 Å². The average Bonchev–Trinajstić information content (AvgIpc) is 2.56. The smallest absolute Gasteiger partial charge is 0.258 e. The number of hydrogen-bond acceptors (Lipinski definition) is 4. The summed E-state index contributed by atoms with van der Waals surface area (Å²) in [4.78, 5) is 23.3. The van der Waals surface area contributed by atoms with Crippen LogP contribution in [0.5, 0.6) is 5.75 Å². The van der Waals surface area contributed by atoms with Gasteiger partial charge in [-0.15, -0.1) is 0 Å². The molecule has 0 fully saturated rings. The second kappa shape index (κ2) is 7.97. The normalized spacial score (nSPS) is 16.0. The fourth-order valence-electron chi connectivity index (χ4n) is 2.49. The first kappa shape index (κ1) is 17.3. The Morgan fingerprint density at radius 2 is 2.22 bits per heavy atom. The summed E-state index contributed by atoms with van der Waals surface area (Å²) in [5, 5.41) is 14.9. The van der Waals surface area contributed by atoms with Gasteiger partial charge >= 0.3 is 0 Å². The molecular weight excluding hydrogens is 296 g/mol. The molecule has 2 amide bonds. The Morgan fingerprint density at radius 1 is 1.43 bits per heavy atom. The van der Waals surface area contributed by atoms with Crippen LogP contribution in [0.4, 0.5) is 5.69 Å². The molecule has 1 aromatic carbocycles. The minimum atomic E-state index is -0.272. The number of benzene rings is 1. The molecule has 1 heterocycles. The van der Waals surface area contributed by atoms with Crippen molar-refractivity contribution in [3.63, 3.8) is 0 Å². The Kier molecular flexibility index (Phi) is 5.98. The minimum Gasteiger partial charge on any atom is -0.484 e. The van der Waals surface area contributed by atoms with Crippen LogP contribution in [0.3, 0.4) is 0 Å². The summed E-state index contributed by atoms with van der Waals surface area (Å²) in [7, 11) is 0. The summed E-state index contributed by atoms with van der Waals surface area (Å²) in [6, 6.07) is 5.16. The highest BCUT2D eigenvalue weighted by Gasteiger charge is 2.18. The molecule has 6 nitrogen and oxygen atoms in total. The number of aryl methyl sites for hydroxylation is 1. The molecule has 0 aromatic heterocycles. The Morgan fingerprint density at radius 3 is 2.91 bits per heavy atom. The van der Waals surface area contributed by atoms with E-state index < -0.39 is 0 Å². The molecule has 1 aromatic rings. The van der Waals surface area contributed by atoms with Crippen LogP contribution in [-0.4, -0.2) is 36.2 Å². The van der Waals surface area contributed by atoms with E-state index in [0.29, 0.717) is 12.2 Å². The Hall–Kier alpha value is -2.08. The molecule has 23 heavy (non-hydrogen) atoms. The van der Waals surface area contributed by atoms with Gasteiger partial charge in [-0.2, -0.15) is 0 Å². The fraction of sp³-hybridized carbons (Fsp3) is 0.529. The number of carbonyl (C=O) groups is 2. The number of aliphatic hydroxyl groups excluding tert-OH is 1.